The molecule has 1 N–H and O–H groups in total. The zero-order chi connectivity index (χ0) is 16.4. The number of nitrogens with zero attached hydrogens (tertiary/aromatic N) is 2. The molecule has 2 fully saturated rings. The second-order valence-corrected chi connectivity index (χ2v) is 6.66. The quantitative estimate of drug-likeness (QED) is 0.906. The molecule has 1 aromatic rings. The van der Waals surface area contributed by atoms with Gasteiger partial charge in [-0.25, -0.2) is 0 Å². The fourth-order valence-corrected chi connectivity index (χ4v) is 3.09. The van der Waals surface area contributed by atoms with Gasteiger partial charge in [0.15, 0.2) is 0 Å². The SMILES string of the molecule is CC(C#N)(NC(=O)c1cccc(CN2CCCC2=O)c1)C1CC1. The van der Waals surface area contributed by atoms with Crippen LogP contribution in [0.25, 0.3) is 0 Å². The second-order valence-electron chi connectivity index (χ2n) is 6.66. The number of nitriles is 1. The van der Waals surface area contributed by atoms with Crippen molar-refractivity contribution in [2.24, 2.45) is 5.92 Å². The van der Waals surface area contributed by atoms with Crippen LogP contribution in [0.3, 0.4) is 0 Å². The molecule has 1 saturated heterocycles. The van der Waals surface area contributed by atoms with Gasteiger partial charge in [0.2, 0.25) is 5.91 Å². The lowest BCUT2D eigenvalue weighted by Gasteiger charge is -2.23. The van der Waals surface area contributed by atoms with Gasteiger partial charge in [0.1, 0.15) is 5.54 Å². The normalized spacial score (nSPS) is 20.0. The largest absolute Gasteiger partial charge is 0.338 e. The number of rotatable bonds is 5. The van der Waals surface area contributed by atoms with E-state index in [2.05, 4.69) is 11.4 Å². The summed E-state index contributed by atoms with van der Waals surface area (Å²) in [5.41, 5.74) is 0.687. The number of hydrogen-bond acceptors (Lipinski definition) is 3. The highest BCUT2D eigenvalue weighted by Crippen LogP contribution is 2.39. The Morgan fingerprint density at radius 2 is 2.26 bits per heavy atom. The van der Waals surface area contributed by atoms with Crippen molar-refractivity contribution in [3.8, 4) is 6.07 Å². The van der Waals surface area contributed by atoms with Crippen molar-refractivity contribution >= 4 is 11.8 Å². The molecule has 1 aromatic carbocycles. The summed E-state index contributed by atoms with van der Waals surface area (Å²) >= 11 is 0. The van der Waals surface area contributed by atoms with E-state index < -0.39 is 5.54 Å². The minimum Gasteiger partial charge on any atom is -0.338 e. The molecule has 120 valence electrons. The minimum atomic E-state index is -0.794. The first-order valence-electron chi connectivity index (χ1n) is 8.12. The van der Waals surface area contributed by atoms with Crippen LogP contribution in [0.5, 0.6) is 0 Å². The van der Waals surface area contributed by atoms with Crippen molar-refractivity contribution in [1.82, 2.24) is 10.2 Å². The van der Waals surface area contributed by atoms with Crippen LogP contribution in [-0.4, -0.2) is 28.8 Å². The van der Waals surface area contributed by atoms with Gasteiger partial charge in [-0.1, -0.05) is 12.1 Å². The Hall–Kier alpha value is -2.35. The van der Waals surface area contributed by atoms with Crippen LogP contribution in [0, 0.1) is 17.2 Å². The number of carbonyl (C=O) groups is 2. The summed E-state index contributed by atoms with van der Waals surface area (Å²) in [7, 11) is 0. The first kappa shape index (κ1) is 15.5. The number of likely N-dealkylation sites (tertiary alicyclic amines) is 1. The number of hydrogen-bond donors (Lipinski definition) is 1. The standard InChI is InChI=1S/C18H21N3O2/c1-18(12-19,15-7-8-15)20-17(23)14-5-2-4-13(10-14)11-21-9-3-6-16(21)22/h2,4-5,10,15H,3,6-9,11H2,1H3,(H,20,23). The summed E-state index contributed by atoms with van der Waals surface area (Å²) in [6.45, 7) is 3.11. The number of amides is 2. The van der Waals surface area contributed by atoms with Crippen molar-refractivity contribution in [3.05, 3.63) is 35.4 Å². The third-order valence-corrected chi connectivity index (χ3v) is 4.73. The third-order valence-electron chi connectivity index (χ3n) is 4.73. The van der Waals surface area contributed by atoms with Gasteiger partial charge in [-0.3, -0.25) is 9.59 Å². The predicted molar refractivity (Wildman–Crippen MR) is 85.3 cm³/mol. The van der Waals surface area contributed by atoms with Gasteiger partial charge >= 0.3 is 0 Å². The number of benzene rings is 1. The van der Waals surface area contributed by atoms with E-state index in [1.54, 1.807) is 13.0 Å². The van der Waals surface area contributed by atoms with E-state index in [0.29, 0.717) is 18.5 Å². The first-order chi connectivity index (χ1) is 11.0. The highest BCUT2D eigenvalue weighted by atomic mass is 16.2. The van der Waals surface area contributed by atoms with Crippen LogP contribution >= 0.6 is 0 Å². The van der Waals surface area contributed by atoms with E-state index in [1.165, 1.54) is 0 Å². The maximum atomic E-state index is 12.5. The lowest BCUT2D eigenvalue weighted by molar-refractivity contribution is -0.128. The molecule has 0 radical (unpaired) electrons. The highest BCUT2D eigenvalue weighted by molar-refractivity contribution is 5.95. The Bertz CT molecular complexity index is 675. The van der Waals surface area contributed by atoms with E-state index in [0.717, 1.165) is 31.4 Å². The van der Waals surface area contributed by atoms with E-state index in [4.69, 9.17) is 0 Å². The molecule has 1 heterocycles. The molecule has 1 unspecified atom stereocenters. The van der Waals surface area contributed by atoms with Gasteiger partial charge in [0, 0.05) is 25.1 Å². The molecule has 3 rings (SSSR count). The van der Waals surface area contributed by atoms with Gasteiger partial charge in [0.05, 0.1) is 6.07 Å². The molecule has 1 atom stereocenters. The smallest absolute Gasteiger partial charge is 0.252 e. The zero-order valence-corrected chi connectivity index (χ0v) is 13.3. The Morgan fingerprint density at radius 3 is 2.87 bits per heavy atom. The maximum absolute atomic E-state index is 12.5. The van der Waals surface area contributed by atoms with Crippen LogP contribution in [0.4, 0.5) is 0 Å². The predicted octanol–water partition coefficient (Wildman–Crippen LogP) is 2.23. The molecule has 23 heavy (non-hydrogen) atoms. The second kappa shape index (κ2) is 6.04. The summed E-state index contributed by atoms with van der Waals surface area (Å²) in [5.74, 6) is 0.197. The van der Waals surface area contributed by atoms with Crippen molar-refractivity contribution in [2.75, 3.05) is 6.54 Å². The molecule has 0 spiro atoms. The summed E-state index contributed by atoms with van der Waals surface area (Å²) in [6, 6.07) is 9.54. The molecule has 1 saturated carbocycles. The first-order valence-corrected chi connectivity index (χ1v) is 8.12. The summed E-state index contributed by atoms with van der Waals surface area (Å²) < 4.78 is 0. The lowest BCUT2D eigenvalue weighted by atomic mass is 9.97. The van der Waals surface area contributed by atoms with Crippen molar-refractivity contribution in [3.63, 3.8) is 0 Å². The zero-order valence-electron chi connectivity index (χ0n) is 13.3. The monoisotopic (exact) mass is 311 g/mol. The Balaban J connectivity index is 1.70. The number of carbonyl (C=O) groups excluding carboxylic acids is 2. The average molecular weight is 311 g/mol. The molecule has 2 amide bonds. The van der Waals surface area contributed by atoms with Gasteiger partial charge in [-0.05, 0) is 49.8 Å². The average Bonchev–Trinajstić information content (AvgIpc) is 3.33. The summed E-state index contributed by atoms with van der Waals surface area (Å²) in [6.07, 6.45) is 3.49. The maximum Gasteiger partial charge on any atom is 0.252 e. The van der Waals surface area contributed by atoms with Crippen molar-refractivity contribution < 1.29 is 9.59 Å². The minimum absolute atomic E-state index is 0.172. The molecule has 1 aliphatic carbocycles. The Morgan fingerprint density at radius 1 is 1.48 bits per heavy atom. The van der Waals surface area contributed by atoms with E-state index >= 15 is 0 Å². The molecule has 2 aliphatic rings. The van der Waals surface area contributed by atoms with E-state index in [-0.39, 0.29) is 17.7 Å². The molecular formula is C18H21N3O2. The van der Waals surface area contributed by atoms with Crippen molar-refractivity contribution in [2.45, 2.75) is 44.7 Å². The summed E-state index contributed by atoms with van der Waals surface area (Å²) in [4.78, 5) is 26.0. The number of nitrogens with one attached hydrogen (secondary N) is 1. The Kier molecular flexibility index (Phi) is 4.08. The van der Waals surface area contributed by atoms with Crippen LogP contribution in [0.15, 0.2) is 24.3 Å². The van der Waals surface area contributed by atoms with Crippen molar-refractivity contribution in [1.29, 1.82) is 5.26 Å². The Labute approximate surface area is 136 Å². The van der Waals surface area contributed by atoms with Crippen LogP contribution < -0.4 is 5.32 Å². The van der Waals surface area contributed by atoms with Gasteiger partial charge in [-0.15, -0.1) is 0 Å². The van der Waals surface area contributed by atoms with E-state index in [9.17, 15) is 14.9 Å². The van der Waals surface area contributed by atoms with Gasteiger partial charge < -0.3 is 10.2 Å². The molecule has 5 heteroatoms. The van der Waals surface area contributed by atoms with Gasteiger partial charge in [0.25, 0.3) is 5.91 Å². The van der Waals surface area contributed by atoms with E-state index in [1.807, 2.05) is 23.1 Å². The van der Waals surface area contributed by atoms with Crippen LogP contribution in [0.1, 0.15) is 48.5 Å². The fourth-order valence-electron chi connectivity index (χ4n) is 3.09. The van der Waals surface area contributed by atoms with Crippen LogP contribution in [-0.2, 0) is 11.3 Å². The third kappa shape index (κ3) is 3.37. The topological polar surface area (TPSA) is 73.2 Å². The van der Waals surface area contributed by atoms with Gasteiger partial charge in [-0.2, -0.15) is 5.26 Å². The van der Waals surface area contributed by atoms with Crippen LogP contribution in [0.2, 0.25) is 0 Å². The highest BCUT2D eigenvalue weighted by Gasteiger charge is 2.43. The lowest BCUT2D eigenvalue weighted by Crippen LogP contribution is -2.46. The molecule has 5 nitrogen and oxygen atoms in total. The molecule has 0 bridgehead atoms. The summed E-state index contributed by atoms with van der Waals surface area (Å²) in [5, 5.41) is 12.2. The molecular weight excluding hydrogens is 290 g/mol. The molecule has 0 aromatic heterocycles. The fraction of sp³-hybridized carbons (Fsp3) is 0.500. The molecule has 1 aliphatic heterocycles.